The molecule has 2 aromatic heterocycles. The number of carbonyl (C=O) groups is 1. The number of hydrogen-bond donors (Lipinski definition) is 2. The van der Waals surface area contributed by atoms with E-state index < -0.39 is 5.91 Å². The largest absolute Gasteiger partial charge is 0.504 e. The molecule has 0 saturated carbocycles. The second-order valence-corrected chi connectivity index (χ2v) is 5.05. The number of aromatic hydroxyl groups is 1. The van der Waals surface area contributed by atoms with Crippen molar-refractivity contribution in [2.24, 2.45) is 0 Å². The zero-order valence-corrected chi connectivity index (χ0v) is 11.9. The van der Waals surface area contributed by atoms with E-state index >= 15 is 0 Å². The van der Waals surface area contributed by atoms with Crippen molar-refractivity contribution >= 4 is 40.3 Å². The van der Waals surface area contributed by atoms with Gasteiger partial charge in [-0.1, -0.05) is 23.2 Å². The minimum atomic E-state index is -0.452. The second kappa shape index (κ2) is 5.23. The number of aromatic nitrogens is 3. The van der Waals surface area contributed by atoms with Gasteiger partial charge in [0.1, 0.15) is 0 Å². The fourth-order valence-corrected chi connectivity index (χ4v) is 2.35. The van der Waals surface area contributed by atoms with Crippen molar-refractivity contribution in [3.63, 3.8) is 0 Å². The van der Waals surface area contributed by atoms with Gasteiger partial charge >= 0.3 is 0 Å². The van der Waals surface area contributed by atoms with Crippen LogP contribution < -0.4 is 5.32 Å². The summed E-state index contributed by atoms with van der Waals surface area (Å²) in [6.07, 6.45) is 6.12. The normalized spacial score (nSPS) is 10.8. The lowest BCUT2D eigenvalue weighted by Crippen LogP contribution is -2.12. The van der Waals surface area contributed by atoms with E-state index in [-0.39, 0.29) is 16.5 Å². The molecule has 3 aromatic rings. The molecular formula is C13H8Cl2N4O2. The highest BCUT2D eigenvalue weighted by Crippen LogP contribution is 2.35. The summed E-state index contributed by atoms with van der Waals surface area (Å²) in [6.45, 7) is 0. The van der Waals surface area contributed by atoms with Crippen molar-refractivity contribution in [1.29, 1.82) is 0 Å². The number of fused-ring (bicyclic) bond motifs is 1. The minimum Gasteiger partial charge on any atom is -0.504 e. The van der Waals surface area contributed by atoms with Crippen molar-refractivity contribution in [3.8, 4) is 5.75 Å². The Kier molecular flexibility index (Phi) is 3.40. The number of phenols is 1. The number of phenolic OH excluding ortho intramolecular Hbond substituents is 1. The van der Waals surface area contributed by atoms with Crippen LogP contribution in [0.25, 0.3) is 5.52 Å². The highest BCUT2D eigenvalue weighted by atomic mass is 35.5. The first kappa shape index (κ1) is 13.7. The minimum absolute atomic E-state index is 0.0549. The fraction of sp³-hybridized carbons (Fsp3) is 0. The monoisotopic (exact) mass is 322 g/mol. The van der Waals surface area contributed by atoms with Gasteiger partial charge < -0.3 is 10.4 Å². The fourth-order valence-electron chi connectivity index (χ4n) is 1.86. The molecule has 0 bridgehead atoms. The van der Waals surface area contributed by atoms with Gasteiger partial charge in [-0.05, 0) is 12.1 Å². The van der Waals surface area contributed by atoms with E-state index in [1.54, 1.807) is 12.4 Å². The van der Waals surface area contributed by atoms with Gasteiger partial charge in [0.25, 0.3) is 5.91 Å². The molecule has 0 saturated heterocycles. The Morgan fingerprint density at radius 1 is 1.29 bits per heavy atom. The summed E-state index contributed by atoms with van der Waals surface area (Å²) in [6, 6.07) is 2.79. The molecule has 6 nitrogen and oxygen atoms in total. The van der Waals surface area contributed by atoms with Crippen LogP contribution >= 0.6 is 23.2 Å². The Labute approximate surface area is 128 Å². The molecule has 8 heteroatoms. The summed E-state index contributed by atoms with van der Waals surface area (Å²) in [7, 11) is 0. The van der Waals surface area contributed by atoms with Crippen LogP contribution in [0.2, 0.25) is 10.0 Å². The SMILES string of the molecule is O=C(Nc1cc(Cl)cc(Cl)c1O)c1cnn2ccncc12. The molecule has 1 aromatic carbocycles. The van der Waals surface area contributed by atoms with Crippen LogP contribution in [0.4, 0.5) is 5.69 Å². The summed E-state index contributed by atoms with van der Waals surface area (Å²) in [5, 5.41) is 16.8. The first-order chi connectivity index (χ1) is 10.1. The quantitative estimate of drug-likeness (QED) is 0.711. The topological polar surface area (TPSA) is 79.5 Å². The van der Waals surface area contributed by atoms with Gasteiger partial charge in [0.05, 0.1) is 34.2 Å². The van der Waals surface area contributed by atoms with E-state index in [0.717, 1.165) is 0 Å². The predicted molar refractivity (Wildman–Crippen MR) is 79.1 cm³/mol. The van der Waals surface area contributed by atoms with Crippen molar-refractivity contribution in [2.75, 3.05) is 5.32 Å². The van der Waals surface area contributed by atoms with Crippen LogP contribution in [-0.4, -0.2) is 25.6 Å². The van der Waals surface area contributed by atoms with Gasteiger partial charge in [-0.2, -0.15) is 5.10 Å². The molecule has 0 spiro atoms. The van der Waals surface area contributed by atoms with Crippen molar-refractivity contribution < 1.29 is 9.90 Å². The Balaban J connectivity index is 1.97. The Bertz CT molecular complexity index is 847. The molecule has 21 heavy (non-hydrogen) atoms. The van der Waals surface area contributed by atoms with Gasteiger partial charge in [-0.3, -0.25) is 9.78 Å². The Morgan fingerprint density at radius 2 is 2.10 bits per heavy atom. The number of anilines is 1. The van der Waals surface area contributed by atoms with E-state index in [2.05, 4.69) is 15.4 Å². The van der Waals surface area contributed by atoms with E-state index in [0.29, 0.717) is 16.1 Å². The van der Waals surface area contributed by atoms with Gasteiger partial charge in [-0.25, -0.2) is 4.52 Å². The third-order valence-electron chi connectivity index (χ3n) is 2.85. The molecular weight excluding hydrogens is 315 g/mol. The first-order valence-electron chi connectivity index (χ1n) is 5.83. The van der Waals surface area contributed by atoms with Crippen molar-refractivity contribution in [1.82, 2.24) is 14.6 Å². The molecule has 0 radical (unpaired) electrons. The highest BCUT2D eigenvalue weighted by Gasteiger charge is 2.16. The smallest absolute Gasteiger partial charge is 0.259 e. The summed E-state index contributed by atoms with van der Waals surface area (Å²) in [4.78, 5) is 16.2. The number of amides is 1. The lowest BCUT2D eigenvalue weighted by Gasteiger charge is -2.08. The third kappa shape index (κ3) is 2.51. The van der Waals surface area contributed by atoms with E-state index in [1.165, 1.54) is 29.0 Å². The predicted octanol–water partition coefficient (Wildman–Crippen LogP) is 2.99. The average molecular weight is 323 g/mol. The zero-order valence-electron chi connectivity index (χ0n) is 10.4. The molecule has 0 atom stereocenters. The van der Waals surface area contributed by atoms with E-state index in [9.17, 15) is 9.90 Å². The summed E-state index contributed by atoms with van der Waals surface area (Å²) >= 11 is 11.7. The molecule has 2 N–H and O–H groups in total. The molecule has 0 fully saturated rings. The molecule has 106 valence electrons. The maximum atomic E-state index is 12.3. The van der Waals surface area contributed by atoms with E-state index in [1.807, 2.05) is 0 Å². The standard InChI is InChI=1S/C13H8Cl2N4O2/c14-7-3-9(15)12(20)10(4-7)18-13(21)8-5-17-19-2-1-16-6-11(8)19/h1-6,20H,(H,18,21). The van der Waals surface area contributed by atoms with Crippen LogP contribution in [0.1, 0.15) is 10.4 Å². The second-order valence-electron chi connectivity index (χ2n) is 4.20. The number of nitrogens with zero attached hydrogens (tertiary/aromatic N) is 3. The number of rotatable bonds is 2. The lowest BCUT2D eigenvalue weighted by atomic mass is 10.2. The van der Waals surface area contributed by atoms with Gasteiger partial charge in [0.15, 0.2) is 5.75 Å². The van der Waals surface area contributed by atoms with Gasteiger partial charge in [0.2, 0.25) is 0 Å². The Hall–Kier alpha value is -2.31. The summed E-state index contributed by atoms with van der Waals surface area (Å²) in [5.74, 6) is -0.698. The Morgan fingerprint density at radius 3 is 2.90 bits per heavy atom. The van der Waals surface area contributed by atoms with Gasteiger partial charge in [0, 0.05) is 17.4 Å². The maximum absolute atomic E-state index is 12.3. The molecule has 0 unspecified atom stereocenters. The van der Waals surface area contributed by atoms with Crippen molar-refractivity contribution in [3.05, 3.63) is 52.5 Å². The third-order valence-corrected chi connectivity index (χ3v) is 3.35. The first-order valence-corrected chi connectivity index (χ1v) is 6.58. The summed E-state index contributed by atoms with van der Waals surface area (Å²) in [5.41, 5.74) is 0.988. The van der Waals surface area contributed by atoms with Crippen LogP contribution in [0, 0.1) is 0 Å². The molecule has 0 aliphatic rings. The maximum Gasteiger partial charge on any atom is 0.259 e. The van der Waals surface area contributed by atoms with Crippen LogP contribution in [0.15, 0.2) is 36.9 Å². The molecule has 2 heterocycles. The number of halogens is 2. The number of hydrogen-bond acceptors (Lipinski definition) is 4. The highest BCUT2D eigenvalue weighted by molar-refractivity contribution is 6.36. The molecule has 0 aliphatic carbocycles. The van der Waals surface area contributed by atoms with Crippen LogP contribution in [-0.2, 0) is 0 Å². The van der Waals surface area contributed by atoms with Crippen LogP contribution in [0.3, 0.4) is 0 Å². The molecule has 1 amide bonds. The number of carbonyl (C=O) groups excluding carboxylic acids is 1. The number of benzene rings is 1. The van der Waals surface area contributed by atoms with Gasteiger partial charge in [-0.15, -0.1) is 0 Å². The summed E-state index contributed by atoms with van der Waals surface area (Å²) < 4.78 is 1.52. The zero-order chi connectivity index (χ0) is 15.0. The average Bonchev–Trinajstić information content (AvgIpc) is 2.88. The molecule has 3 rings (SSSR count). The molecule has 0 aliphatic heterocycles. The van der Waals surface area contributed by atoms with Crippen molar-refractivity contribution in [2.45, 2.75) is 0 Å². The van der Waals surface area contributed by atoms with Crippen LogP contribution in [0.5, 0.6) is 5.75 Å². The van der Waals surface area contributed by atoms with E-state index in [4.69, 9.17) is 23.2 Å². The lowest BCUT2D eigenvalue weighted by molar-refractivity contribution is 0.102. The number of nitrogens with one attached hydrogen (secondary N) is 1.